The summed E-state index contributed by atoms with van der Waals surface area (Å²) in [5, 5.41) is 7.13. The van der Waals surface area contributed by atoms with E-state index in [1.54, 1.807) is 31.4 Å². The standard InChI is InChI=1S/C22H23N3O5/c1-4-13(2)19(23-21(26)14-5-8-16(27-3)9-6-14)22-24-20(25-30-22)15-7-10-17-18(11-15)29-12-28-17/h5-11,13,19H,4,12H2,1-3H3,(H,23,26)/t13-,19-/m1/s1. The monoisotopic (exact) mass is 409 g/mol. The second-order valence-electron chi connectivity index (χ2n) is 7.09. The van der Waals surface area contributed by atoms with Crippen molar-refractivity contribution in [2.24, 2.45) is 5.92 Å². The number of hydrogen-bond acceptors (Lipinski definition) is 7. The minimum atomic E-state index is -0.417. The maximum atomic E-state index is 12.8. The molecule has 0 fully saturated rings. The van der Waals surface area contributed by atoms with E-state index in [0.29, 0.717) is 34.5 Å². The third-order valence-corrected chi connectivity index (χ3v) is 5.19. The summed E-state index contributed by atoms with van der Waals surface area (Å²) in [6.07, 6.45) is 0.829. The van der Waals surface area contributed by atoms with Crippen molar-refractivity contribution in [3.05, 3.63) is 53.9 Å². The number of aromatic nitrogens is 2. The van der Waals surface area contributed by atoms with Gasteiger partial charge in [-0.25, -0.2) is 0 Å². The quantitative estimate of drug-likeness (QED) is 0.630. The Hall–Kier alpha value is -3.55. The molecule has 30 heavy (non-hydrogen) atoms. The zero-order valence-corrected chi connectivity index (χ0v) is 17.0. The molecular weight excluding hydrogens is 386 g/mol. The number of carbonyl (C=O) groups excluding carboxylic acids is 1. The SMILES string of the molecule is CC[C@@H](C)[C@@H](NC(=O)c1ccc(OC)cc1)c1nc(-c2ccc3c(c2)OCO3)no1. The van der Waals surface area contributed by atoms with Gasteiger partial charge in [-0.3, -0.25) is 4.79 Å². The Bertz CT molecular complexity index is 1030. The molecule has 0 bridgehead atoms. The van der Waals surface area contributed by atoms with E-state index in [9.17, 15) is 4.79 Å². The summed E-state index contributed by atoms with van der Waals surface area (Å²) >= 11 is 0. The van der Waals surface area contributed by atoms with Gasteiger partial charge in [0.1, 0.15) is 11.8 Å². The van der Waals surface area contributed by atoms with E-state index < -0.39 is 6.04 Å². The molecular formula is C22H23N3O5. The van der Waals surface area contributed by atoms with Crippen molar-refractivity contribution in [1.29, 1.82) is 0 Å². The first-order valence-corrected chi connectivity index (χ1v) is 9.77. The first kappa shape index (κ1) is 19.8. The molecule has 3 aromatic rings. The minimum Gasteiger partial charge on any atom is -0.497 e. The summed E-state index contributed by atoms with van der Waals surface area (Å²) in [7, 11) is 1.58. The number of fused-ring (bicyclic) bond motifs is 1. The number of ether oxygens (including phenoxy) is 3. The molecule has 1 aliphatic heterocycles. The zero-order valence-electron chi connectivity index (χ0n) is 17.0. The number of methoxy groups -OCH3 is 1. The molecule has 0 saturated carbocycles. The molecule has 1 N–H and O–H groups in total. The van der Waals surface area contributed by atoms with Crippen molar-refractivity contribution in [2.45, 2.75) is 26.3 Å². The molecule has 2 aromatic carbocycles. The highest BCUT2D eigenvalue weighted by atomic mass is 16.7. The van der Waals surface area contributed by atoms with Crippen molar-refractivity contribution in [3.8, 4) is 28.6 Å². The Labute approximate surface area is 174 Å². The molecule has 0 spiro atoms. The van der Waals surface area contributed by atoms with Crippen LogP contribution in [0.5, 0.6) is 17.2 Å². The van der Waals surface area contributed by atoms with Crippen LogP contribution in [0.4, 0.5) is 0 Å². The van der Waals surface area contributed by atoms with E-state index in [2.05, 4.69) is 15.5 Å². The van der Waals surface area contributed by atoms with Gasteiger partial charge < -0.3 is 24.1 Å². The van der Waals surface area contributed by atoms with Crippen LogP contribution >= 0.6 is 0 Å². The number of hydrogen-bond donors (Lipinski definition) is 1. The molecule has 8 heteroatoms. The molecule has 1 amide bonds. The summed E-state index contributed by atoms with van der Waals surface area (Å²) < 4.78 is 21.4. The van der Waals surface area contributed by atoms with Gasteiger partial charge in [0.25, 0.3) is 5.91 Å². The number of rotatable bonds is 7. The molecule has 0 aliphatic carbocycles. The zero-order chi connectivity index (χ0) is 21.1. The molecule has 4 rings (SSSR count). The summed E-state index contributed by atoms with van der Waals surface area (Å²) in [5.74, 6) is 2.68. The molecule has 1 aliphatic rings. The predicted molar refractivity (Wildman–Crippen MR) is 109 cm³/mol. The fourth-order valence-electron chi connectivity index (χ4n) is 3.16. The normalized spacial score (nSPS) is 14.2. The van der Waals surface area contributed by atoms with Gasteiger partial charge in [0, 0.05) is 11.1 Å². The van der Waals surface area contributed by atoms with Crippen LogP contribution in [0.3, 0.4) is 0 Å². The number of benzene rings is 2. The number of nitrogens with one attached hydrogen (secondary N) is 1. The summed E-state index contributed by atoms with van der Waals surface area (Å²) in [6, 6.07) is 12.0. The van der Waals surface area contributed by atoms with E-state index >= 15 is 0 Å². The van der Waals surface area contributed by atoms with Crippen LogP contribution in [-0.4, -0.2) is 30.0 Å². The van der Waals surface area contributed by atoms with Crippen LogP contribution in [0, 0.1) is 5.92 Å². The predicted octanol–water partition coefficient (Wildman–Crippen LogP) is 3.99. The number of nitrogens with zero attached hydrogens (tertiary/aromatic N) is 2. The van der Waals surface area contributed by atoms with Crippen molar-refractivity contribution in [2.75, 3.05) is 13.9 Å². The summed E-state index contributed by atoms with van der Waals surface area (Å²) in [5.41, 5.74) is 1.28. The highest BCUT2D eigenvalue weighted by Crippen LogP contribution is 2.35. The van der Waals surface area contributed by atoms with Gasteiger partial charge in [-0.1, -0.05) is 25.4 Å². The highest BCUT2D eigenvalue weighted by molar-refractivity contribution is 5.94. The average molecular weight is 409 g/mol. The van der Waals surface area contributed by atoms with Gasteiger partial charge in [-0.2, -0.15) is 4.98 Å². The van der Waals surface area contributed by atoms with Gasteiger partial charge in [0.05, 0.1) is 7.11 Å². The first-order valence-electron chi connectivity index (χ1n) is 9.77. The molecule has 156 valence electrons. The maximum absolute atomic E-state index is 12.8. The van der Waals surface area contributed by atoms with E-state index in [4.69, 9.17) is 18.7 Å². The third-order valence-electron chi connectivity index (χ3n) is 5.19. The maximum Gasteiger partial charge on any atom is 0.251 e. The summed E-state index contributed by atoms with van der Waals surface area (Å²) in [6.45, 7) is 4.28. The van der Waals surface area contributed by atoms with Crippen molar-refractivity contribution in [1.82, 2.24) is 15.5 Å². The molecule has 8 nitrogen and oxygen atoms in total. The van der Waals surface area contributed by atoms with Gasteiger partial charge in [0.15, 0.2) is 11.5 Å². The lowest BCUT2D eigenvalue weighted by molar-refractivity contribution is 0.0910. The third kappa shape index (κ3) is 3.94. The Kier molecular flexibility index (Phi) is 5.56. The smallest absolute Gasteiger partial charge is 0.251 e. The Morgan fingerprint density at radius 3 is 2.67 bits per heavy atom. The lowest BCUT2D eigenvalue weighted by atomic mass is 9.98. The lowest BCUT2D eigenvalue weighted by Gasteiger charge is -2.20. The molecule has 0 unspecified atom stereocenters. The van der Waals surface area contributed by atoms with Crippen LogP contribution < -0.4 is 19.5 Å². The second kappa shape index (κ2) is 8.44. The largest absolute Gasteiger partial charge is 0.497 e. The second-order valence-corrected chi connectivity index (χ2v) is 7.09. The Morgan fingerprint density at radius 2 is 1.93 bits per heavy atom. The van der Waals surface area contributed by atoms with Gasteiger partial charge in [0.2, 0.25) is 18.5 Å². The molecule has 0 radical (unpaired) electrons. The topological polar surface area (TPSA) is 95.7 Å². The minimum absolute atomic E-state index is 0.0947. The van der Waals surface area contributed by atoms with Crippen LogP contribution in [-0.2, 0) is 0 Å². The van der Waals surface area contributed by atoms with E-state index in [0.717, 1.165) is 12.0 Å². The van der Waals surface area contributed by atoms with E-state index in [-0.39, 0.29) is 18.6 Å². The molecule has 2 heterocycles. The van der Waals surface area contributed by atoms with Crippen LogP contribution in [0.25, 0.3) is 11.4 Å². The van der Waals surface area contributed by atoms with E-state index in [1.165, 1.54) is 0 Å². The molecule has 2 atom stereocenters. The summed E-state index contributed by atoms with van der Waals surface area (Å²) in [4.78, 5) is 17.3. The average Bonchev–Trinajstić information content (AvgIpc) is 3.46. The van der Waals surface area contributed by atoms with Gasteiger partial charge in [-0.15, -0.1) is 0 Å². The lowest BCUT2D eigenvalue weighted by Crippen LogP contribution is -2.32. The Balaban J connectivity index is 1.56. The van der Waals surface area contributed by atoms with E-state index in [1.807, 2.05) is 32.0 Å². The fraction of sp³-hybridized carbons (Fsp3) is 0.318. The first-order chi connectivity index (χ1) is 14.6. The van der Waals surface area contributed by atoms with Crippen LogP contribution in [0.1, 0.15) is 42.6 Å². The van der Waals surface area contributed by atoms with Crippen LogP contribution in [0.2, 0.25) is 0 Å². The molecule has 0 saturated heterocycles. The number of amides is 1. The van der Waals surface area contributed by atoms with Crippen LogP contribution in [0.15, 0.2) is 47.0 Å². The Morgan fingerprint density at radius 1 is 1.17 bits per heavy atom. The molecule has 1 aromatic heterocycles. The van der Waals surface area contributed by atoms with Gasteiger partial charge >= 0.3 is 0 Å². The van der Waals surface area contributed by atoms with Crippen molar-refractivity contribution in [3.63, 3.8) is 0 Å². The highest BCUT2D eigenvalue weighted by Gasteiger charge is 2.27. The number of carbonyl (C=O) groups is 1. The van der Waals surface area contributed by atoms with Crippen molar-refractivity contribution < 1.29 is 23.5 Å². The van der Waals surface area contributed by atoms with Crippen molar-refractivity contribution >= 4 is 5.91 Å². The fourth-order valence-corrected chi connectivity index (χ4v) is 3.16. The van der Waals surface area contributed by atoms with Gasteiger partial charge in [-0.05, 0) is 48.4 Å².